The van der Waals surface area contributed by atoms with Gasteiger partial charge in [-0.3, -0.25) is 0 Å². The highest BCUT2D eigenvalue weighted by atomic mass is 19.4. The monoisotopic (exact) mass is 297 g/mol. The number of carboxylic acid groups (broad SMARTS) is 1. The zero-order valence-electron chi connectivity index (χ0n) is 10.6. The molecule has 0 unspecified atom stereocenters. The summed E-state index contributed by atoms with van der Waals surface area (Å²) in [6, 6.07) is 3.67. The second-order valence-electron chi connectivity index (χ2n) is 4.85. The second-order valence-corrected chi connectivity index (χ2v) is 4.85. The van der Waals surface area contributed by atoms with E-state index in [-0.39, 0.29) is 17.3 Å². The predicted octanol–water partition coefficient (Wildman–Crippen LogP) is 2.86. The number of aromatic carboxylic acids is 1. The summed E-state index contributed by atoms with van der Waals surface area (Å²) in [5.41, 5.74) is -0.540. The van der Waals surface area contributed by atoms with Gasteiger partial charge in [-0.2, -0.15) is 18.3 Å². The minimum atomic E-state index is -4.52. The lowest BCUT2D eigenvalue weighted by Gasteiger charge is -2.05. The molecule has 8 heteroatoms. The maximum atomic E-state index is 12.8. The number of nitrogens with zero attached hydrogens (tertiary/aromatic N) is 3. The number of alkyl halides is 3. The highest BCUT2D eigenvalue weighted by Crippen LogP contribution is 2.42. The SMILES string of the molecule is O=C(O)c1ccc(-n2nc(C(F)(F)F)cc2C2CC2)nc1. The largest absolute Gasteiger partial charge is 0.478 e. The Balaban J connectivity index is 2.04. The van der Waals surface area contributed by atoms with Crippen LogP contribution in [0.3, 0.4) is 0 Å². The first-order chi connectivity index (χ1) is 9.86. The van der Waals surface area contributed by atoms with Crippen LogP contribution in [0, 0.1) is 0 Å². The van der Waals surface area contributed by atoms with Crippen molar-refractivity contribution < 1.29 is 23.1 Å². The Hall–Kier alpha value is -2.38. The molecule has 0 radical (unpaired) electrons. The van der Waals surface area contributed by atoms with Crippen molar-refractivity contribution >= 4 is 5.97 Å². The van der Waals surface area contributed by atoms with Crippen LogP contribution in [0.25, 0.3) is 5.82 Å². The lowest BCUT2D eigenvalue weighted by Crippen LogP contribution is -2.09. The highest BCUT2D eigenvalue weighted by Gasteiger charge is 2.38. The Bertz CT molecular complexity index is 688. The third-order valence-electron chi connectivity index (χ3n) is 3.23. The highest BCUT2D eigenvalue weighted by molar-refractivity contribution is 5.87. The molecule has 0 spiro atoms. The summed E-state index contributed by atoms with van der Waals surface area (Å²) in [5, 5.41) is 12.4. The van der Waals surface area contributed by atoms with Gasteiger partial charge in [0.15, 0.2) is 11.5 Å². The van der Waals surface area contributed by atoms with Gasteiger partial charge < -0.3 is 5.11 Å². The Kier molecular flexibility index (Phi) is 2.96. The summed E-state index contributed by atoms with van der Waals surface area (Å²) >= 11 is 0. The van der Waals surface area contributed by atoms with Crippen molar-refractivity contribution in [2.75, 3.05) is 0 Å². The van der Waals surface area contributed by atoms with Crippen LogP contribution in [0.4, 0.5) is 13.2 Å². The molecule has 1 N–H and O–H groups in total. The van der Waals surface area contributed by atoms with Crippen LogP contribution < -0.4 is 0 Å². The van der Waals surface area contributed by atoms with E-state index in [1.165, 1.54) is 12.1 Å². The smallest absolute Gasteiger partial charge is 0.435 e. The molecule has 0 saturated heterocycles. The number of carbonyl (C=O) groups is 1. The van der Waals surface area contributed by atoms with E-state index in [1.807, 2.05) is 0 Å². The summed E-state index contributed by atoms with van der Waals surface area (Å²) in [7, 11) is 0. The summed E-state index contributed by atoms with van der Waals surface area (Å²) in [6.45, 7) is 0. The van der Waals surface area contributed by atoms with Crippen molar-refractivity contribution in [3.8, 4) is 5.82 Å². The molecule has 2 aromatic heterocycles. The first-order valence-corrected chi connectivity index (χ1v) is 6.23. The second kappa shape index (κ2) is 4.57. The number of rotatable bonds is 3. The standard InChI is InChI=1S/C13H10F3N3O2/c14-13(15,16)10-5-9(7-1-2-7)19(18-10)11-4-3-8(6-17-11)12(20)21/h3-7H,1-2H2,(H,20,21). The lowest BCUT2D eigenvalue weighted by atomic mass is 10.2. The van der Waals surface area contributed by atoms with Gasteiger partial charge in [0, 0.05) is 17.8 Å². The molecular formula is C13H10F3N3O2. The zero-order valence-corrected chi connectivity index (χ0v) is 10.6. The molecule has 1 aliphatic carbocycles. The molecule has 3 rings (SSSR count). The molecule has 0 aliphatic heterocycles. The molecule has 1 fully saturated rings. The quantitative estimate of drug-likeness (QED) is 0.946. The Morgan fingerprint density at radius 3 is 2.52 bits per heavy atom. The van der Waals surface area contributed by atoms with Crippen LogP contribution in [0.15, 0.2) is 24.4 Å². The van der Waals surface area contributed by atoms with Gasteiger partial charge in [0.25, 0.3) is 0 Å². The van der Waals surface area contributed by atoms with E-state index < -0.39 is 17.8 Å². The summed E-state index contributed by atoms with van der Waals surface area (Å²) in [4.78, 5) is 14.6. The molecule has 1 aliphatic rings. The maximum absolute atomic E-state index is 12.8. The van der Waals surface area contributed by atoms with Crippen LogP contribution in [0.2, 0.25) is 0 Å². The van der Waals surface area contributed by atoms with E-state index in [9.17, 15) is 18.0 Å². The van der Waals surface area contributed by atoms with E-state index in [4.69, 9.17) is 5.11 Å². The van der Waals surface area contributed by atoms with Gasteiger partial charge in [-0.15, -0.1) is 0 Å². The maximum Gasteiger partial charge on any atom is 0.435 e. The van der Waals surface area contributed by atoms with Gasteiger partial charge in [0.2, 0.25) is 0 Å². The van der Waals surface area contributed by atoms with E-state index in [2.05, 4.69) is 10.1 Å². The topological polar surface area (TPSA) is 68.0 Å². The number of halogens is 3. The van der Waals surface area contributed by atoms with Gasteiger partial charge in [-0.25, -0.2) is 14.5 Å². The molecule has 110 valence electrons. The molecule has 2 heterocycles. The predicted molar refractivity (Wildman–Crippen MR) is 65.3 cm³/mol. The van der Waals surface area contributed by atoms with Crippen LogP contribution in [0.5, 0.6) is 0 Å². The van der Waals surface area contributed by atoms with Gasteiger partial charge in [0.05, 0.1) is 5.56 Å². The van der Waals surface area contributed by atoms with Crippen molar-refractivity contribution in [3.05, 3.63) is 41.3 Å². The van der Waals surface area contributed by atoms with Crippen LogP contribution in [0.1, 0.15) is 40.5 Å². The fourth-order valence-electron chi connectivity index (χ4n) is 2.03. The van der Waals surface area contributed by atoms with Gasteiger partial charge in [-0.05, 0) is 31.0 Å². The van der Waals surface area contributed by atoms with E-state index >= 15 is 0 Å². The molecular weight excluding hydrogens is 287 g/mol. The zero-order chi connectivity index (χ0) is 15.2. The molecule has 1 saturated carbocycles. The van der Waals surface area contributed by atoms with Crippen molar-refractivity contribution in [3.63, 3.8) is 0 Å². The number of pyridine rings is 1. The fourth-order valence-corrected chi connectivity index (χ4v) is 2.03. The molecule has 5 nitrogen and oxygen atoms in total. The summed E-state index contributed by atoms with van der Waals surface area (Å²) < 4.78 is 39.5. The van der Waals surface area contributed by atoms with Crippen LogP contribution in [-0.4, -0.2) is 25.8 Å². The van der Waals surface area contributed by atoms with Crippen LogP contribution >= 0.6 is 0 Å². The van der Waals surface area contributed by atoms with Gasteiger partial charge >= 0.3 is 12.1 Å². The van der Waals surface area contributed by atoms with Gasteiger partial charge in [-0.1, -0.05) is 0 Å². The third-order valence-corrected chi connectivity index (χ3v) is 3.23. The number of hydrogen-bond acceptors (Lipinski definition) is 3. The molecule has 0 amide bonds. The van der Waals surface area contributed by atoms with Crippen molar-refractivity contribution in [2.45, 2.75) is 24.9 Å². The first kappa shape index (κ1) is 13.6. The average molecular weight is 297 g/mol. The number of carboxylic acids is 1. The molecule has 0 atom stereocenters. The Morgan fingerprint density at radius 2 is 2.05 bits per heavy atom. The van der Waals surface area contributed by atoms with Crippen molar-refractivity contribution in [2.24, 2.45) is 0 Å². The Labute approximate surface area is 117 Å². The lowest BCUT2D eigenvalue weighted by molar-refractivity contribution is -0.141. The fraction of sp³-hybridized carbons (Fsp3) is 0.308. The normalized spacial score (nSPS) is 15.2. The minimum absolute atomic E-state index is 0.0325. The molecule has 21 heavy (non-hydrogen) atoms. The van der Waals surface area contributed by atoms with E-state index in [1.54, 1.807) is 0 Å². The average Bonchev–Trinajstić information content (AvgIpc) is 3.16. The van der Waals surface area contributed by atoms with E-state index in [0.29, 0.717) is 5.69 Å². The van der Waals surface area contributed by atoms with E-state index in [0.717, 1.165) is 29.8 Å². The van der Waals surface area contributed by atoms with Crippen molar-refractivity contribution in [1.29, 1.82) is 0 Å². The molecule has 0 bridgehead atoms. The first-order valence-electron chi connectivity index (χ1n) is 6.23. The molecule has 0 aromatic carbocycles. The number of aromatic nitrogens is 3. The Morgan fingerprint density at radius 1 is 1.33 bits per heavy atom. The van der Waals surface area contributed by atoms with Crippen molar-refractivity contribution in [1.82, 2.24) is 14.8 Å². The van der Waals surface area contributed by atoms with Gasteiger partial charge in [0.1, 0.15) is 0 Å². The minimum Gasteiger partial charge on any atom is -0.478 e. The summed E-state index contributed by atoms with van der Waals surface area (Å²) in [6.07, 6.45) is -1.79. The molecule has 2 aromatic rings. The third kappa shape index (κ3) is 2.61. The summed E-state index contributed by atoms with van der Waals surface area (Å²) in [5.74, 6) is -0.917. The number of hydrogen-bond donors (Lipinski definition) is 1. The van der Waals surface area contributed by atoms with Crippen LogP contribution in [-0.2, 0) is 6.18 Å².